The fraction of sp³-hybridized carbons (Fsp3) is 0.0556. The van der Waals surface area contributed by atoms with Gasteiger partial charge in [0, 0.05) is 0 Å². The monoisotopic (exact) mass is 357 g/mol. The molecule has 1 aliphatic rings. The van der Waals surface area contributed by atoms with Crippen molar-refractivity contribution in [1.82, 2.24) is 0 Å². The van der Waals surface area contributed by atoms with Gasteiger partial charge in [-0.2, -0.15) is 0 Å². The highest BCUT2D eigenvalue weighted by molar-refractivity contribution is 6.34. The van der Waals surface area contributed by atoms with E-state index in [1.54, 1.807) is 54.6 Å². The molecule has 0 atom stereocenters. The average molecular weight is 358 g/mol. The van der Waals surface area contributed by atoms with Crippen molar-refractivity contribution in [2.24, 2.45) is 4.99 Å². The van der Waals surface area contributed by atoms with Crippen LogP contribution in [0.3, 0.4) is 0 Å². The first-order chi connectivity index (χ1) is 12.0. The molecule has 1 heterocycles. The average Bonchev–Trinajstić information content (AvgIpc) is 2.95. The minimum absolute atomic E-state index is 0.147. The number of carbonyl (C=O) groups excluding carboxylic acids is 1. The molecule has 0 radical (unpaired) electrons. The molecular weight excluding hydrogens is 346 g/mol. The van der Waals surface area contributed by atoms with E-state index < -0.39 is 18.5 Å². The van der Waals surface area contributed by atoms with Gasteiger partial charge in [0.15, 0.2) is 12.3 Å². The maximum absolute atomic E-state index is 12.0. The number of esters is 1. The topological polar surface area (TPSA) is 85.2 Å². The van der Waals surface area contributed by atoms with Gasteiger partial charge in [-0.25, -0.2) is 14.6 Å². The highest BCUT2D eigenvalue weighted by atomic mass is 35.5. The largest absolute Gasteiger partial charge is 0.482 e. The maximum Gasteiger partial charge on any atom is 0.363 e. The molecule has 2 aromatic carbocycles. The minimum Gasteiger partial charge on any atom is -0.482 e. The van der Waals surface area contributed by atoms with Gasteiger partial charge >= 0.3 is 11.9 Å². The number of aliphatic carboxylic acids is 1. The van der Waals surface area contributed by atoms with Gasteiger partial charge in [0.2, 0.25) is 5.90 Å². The summed E-state index contributed by atoms with van der Waals surface area (Å²) in [5.74, 6) is -1.05. The molecule has 0 bridgehead atoms. The van der Waals surface area contributed by atoms with Gasteiger partial charge < -0.3 is 14.6 Å². The summed E-state index contributed by atoms with van der Waals surface area (Å²) in [6, 6.07) is 13.5. The molecule has 0 saturated heterocycles. The van der Waals surface area contributed by atoms with Crippen molar-refractivity contribution < 1.29 is 24.2 Å². The van der Waals surface area contributed by atoms with E-state index in [1.165, 1.54) is 0 Å². The summed E-state index contributed by atoms with van der Waals surface area (Å²) in [6.45, 7) is -0.418. The van der Waals surface area contributed by atoms with Crippen molar-refractivity contribution in [3.63, 3.8) is 0 Å². The van der Waals surface area contributed by atoms with Crippen molar-refractivity contribution in [1.29, 1.82) is 0 Å². The van der Waals surface area contributed by atoms with E-state index in [2.05, 4.69) is 4.99 Å². The fourth-order valence-electron chi connectivity index (χ4n) is 2.12. The number of aliphatic imine (C=N–C) groups is 1. The highest BCUT2D eigenvalue weighted by Crippen LogP contribution is 2.24. The maximum atomic E-state index is 12.0. The van der Waals surface area contributed by atoms with E-state index in [-0.39, 0.29) is 11.6 Å². The molecule has 1 N–H and O–H groups in total. The van der Waals surface area contributed by atoms with E-state index in [0.717, 1.165) is 0 Å². The number of nitrogens with zero attached hydrogens (tertiary/aromatic N) is 1. The predicted octanol–water partition coefficient (Wildman–Crippen LogP) is 3.15. The molecule has 0 fully saturated rings. The van der Waals surface area contributed by atoms with Gasteiger partial charge in [0.1, 0.15) is 5.75 Å². The normalized spacial score (nSPS) is 15.0. The van der Waals surface area contributed by atoms with Crippen molar-refractivity contribution in [2.45, 2.75) is 0 Å². The Balaban J connectivity index is 1.80. The molecule has 25 heavy (non-hydrogen) atoms. The van der Waals surface area contributed by atoms with Crippen LogP contribution in [0.4, 0.5) is 0 Å². The molecule has 0 unspecified atom stereocenters. The number of cyclic esters (lactones) is 1. The van der Waals surface area contributed by atoms with Crippen molar-refractivity contribution in [3.8, 4) is 5.75 Å². The van der Waals surface area contributed by atoms with Gasteiger partial charge in [0.25, 0.3) is 0 Å². The first-order valence-electron chi connectivity index (χ1n) is 7.25. The lowest BCUT2D eigenvalue weighted by Crippen LogP contribution is -2.09. The number of hydrogen-bond donors (Lipinski definition) is 1. The standard InChI is InChI=1S/C18H12ClNO5/c19-14-4-2-1-3-13(14)17-20-15(18(23)25-17)9-11-5-7-12(8-6-11)24-10-16(21)22/h1-9H,10H2,(H,21,22). The van der Waals surface area contributed by atoms with Crippen LogP contribution in [0.1, 0.15) is 11.1 Å². The summed E-state index contributed by atoms with van der Waals surface area (Å²) in [5, 5.41) is 9.02. The number of hydrogen-bond acceptors (Lipinski definition) is 5. The molecule has 0 saturated carbocycles. The molecule has 2 aromatic rings. The van der Waals surface area contributed by atoms with Crippen LogP contribution in [0.2, 0.25) is 5.02 Å². The number of halogens is 1. The second-order valence-corrected chi connectivity index (χ2v) is 5.47. The van der Waals surface area contributed by atoms with E-state index in [4.69, 9.17) is 26.2 Å². The summed E-state index contributed by atoms with van der Waals surface area (Å²) in [4.78, 5) is 26.6. The zero-order chi connectivity index (χ0) is 17.8. The molecular formula is C18H12ClNO5. The van der Waals surface area contributed by atoms with Crippen molar-refractivity contribution in [3.05, 3.63) is 70.4 Å². The Morgan fingerprint density at radius 3 is 2.60 bits per heavy atom. The summed E-state index contributed by atoms with van der Waals surface area (Å²) in [6.07, 6.45) is 1.56. The third-order valence-corrected chi connectivity index (χ3v) is 3.60. The zero-order valence-corrected chi connectivity index (χ0v) is 13.6. The van der Waals surface area contributed by atoms with E-state index >= 15 is 0 Å². The quantitative estimate of drug-likeness (QED) is 0.656. The summed E-state index contributed by atoms with van der Waals surface area (Å²) < 4.78 is 10.2. The third-order valence-electron chi connectivity index (χ3n) is 3.27. The van der Waals surface area contributed by atoms with E-state index in [9.17, 15) is 9.59 Å². The molecule has 126 valence electrons. The summed E-state index contributed by atoms with van der Waals surface area (Å²) in [5.41, 5.74) is 1.38. The molecule has 7 heteroatoms. The molecule has 0 aliphatic carbocycles. The van der Waals surface area contributed by atoms with Crippen LogP contribution in [0, 0.1) is 0 Å². The Morgan fingerprint density at radius 2 is 1.92 bits per heavy atom. The van der Waals surface area contributed by atoms with Crippen LogP contribution in [0.5, 0.6) is 5.75 Å². The van der Waals surface area contributed by atoms with Crippen LogP contribution in [0.25, 0.3) is 6.08 Å². The first-order valence-corrected chi connectivity index (χ1v) is 7.63. The number of ether oxygens (including phenoxy) is 2. The van der Waals surface area contributed by atoms with Crippen LogP contribution in [-0.2, 0) is 14.3 Å². The molecule has 0 amide bonds. The van der Waals surface area contributed by atoms with Crippen molar-refractivity contribution >= 4 is 35.5 Å². The Labute approximate surface area is 148 Å². The fourth-order valence-corrected chi connectivity index (χ4v) is 2.34. The minimum atomic E-state index is -1.05. The van der Waals surface area contributed by atoms with Crippen LogP contribution < -0.4 is 4.74 Å². The van der Waals surface area contributed by atoms with Crippen LogP contribution >= 0.6 is 11.6 Å². The first kappa shape index (κ1) is 16.7. The Morgan fingerprint density at radius 1 is 1.20 bits per heavy atom. The van der Waals surface area contributed by atoms with Crippen molar-refractivity contribution in [2.75, 3.05) is 6.61 Å². The number of benzene rings is 2. The molecule has 6 nitrogen and oxygen atoms in total. The van der Waals surface area contributed by atoms with Gasteiger partial charge in [-0.05, 0) is 35.9 Å². The second kappa shape index (κ2) is 7.19. The molecule has 1 aliphatic heterocycles. The SMILES string of the molecule is O=C(O)COc1ccc(C=C2N=C(c3ccccc3Cl)OC2=O)cc1. The summed E-state index contributed by atoms with van der Waals surface area (Å²) >= 11 is 6.08. The molecule has 3 rings (SSSR count). The predicted molar refractivity (Wildman–Crippen MR) is 91.6 cm³/mol. The van der Waals surface area contributed by atoms with E-state index in [1.807, 2.05) is 0 Å². The van der Waals surface area contributed by atoms with Gasteiger partial charge in [0.05, 0.1) is 10.6 Å². The second-order valence-electron chi connectivity index (χ2n) is 5.07. The Kier molecular flexibility index (Phi) is 4.81. The number of rotatable bonds is 5. The Hall–Kier alpha value is -3.12. The smallest absolute Gasteiger partial charge is 0.363 e. The lowest BCUT2D eigenvalue weighted by Gasteiger charge is -2.02. The zero-order valence-electron chi connectivity index (χ0n) is 12.8. The van der Waals surface area contributed by atoms with Gasteiger partial charge in [-0.15, -0.1) is 0 Å². The highest BCUT2D eigenvalue weighted by Gasteiger charge is 2.25. The lowest BCUT2D eigenvalue weighted by atomic mass is 10.2. The van der Waals surface area contributed by atoms with Crippen LogP contribution in [-0.4, -0.2) is 29.5 Å². The number of carboxylic acid groups (broad SMARTS) is 1. The molecule has 0 spiro atoms. The van der Waals surface area contributed by atoms with Gasteiger partial charge in [-0.1, -0.05) is 35.9 Å². The Bertz CT molecular complexity index is 887. The lowest BCUT2D eigenvalue weighted by molar-refractivity contribution is -0.139. The number of carbonyl (C=O) groups is 2. The van der Waals surface area contributed by atoms with E-state index in [0.29, 0.717) is 21.9 Å². The van der Waals surface area contributed by atoms with Gasteiger partial charge in [-0.3, -0.25) is 0 Å². The third kappa shape index (κ3) is 4.05. The summed E-state index contributed by atoms with van der Waals surface area (Å²) in [7, 11) is 0. The molecule has 0 aromatic heterocycles. The number of carboxylic acids is 1. The van der Waals surface area contributed by atoms with Crippen LogP contribution in [0.15, 0.2) is 59.2 Å².